The summed E-state index contributed by atoms with van der Waals surface area (Å²) >= 11 is 0. The second-order valence-electron chi connectivity index (χ2n) is 4.11. The van der Waals surface area contributed by atoms with Crippen molar-refractivity contribution in [2.45, 2.75) is 45.2 Å². The van der Waals surface area contributed by atoms with Gasteiger partial charge in [-0.25, -0.2) is 0 Å². The molecule has 0 aromatic carbocycles. The monoisotopic (exact) mass is 306 g/mol. The molecule has 21 heavy (non-hydrogen) atoms. The van der Waals surface area contributed by atoms with E-state index in [1.165, 1.54) is 0 Å². The van der Waals surface area contributed by atoms with Crippen molar-refractivity contribution >= 4 is 24.2 Å². The molecule has 0 amide bonds. The van der Waals surface area contributed by atoms with E-state index in [0.29, 0.717) is 0 Å². The van der Waals surface area contributed by atoms with Crippen molar-refractivity contribution in [1.82, 2.24) is 0 Å². The lowest BCUT2D eigenvalue weighted by molar-refractivity contribution is -0.193. The number of aldehydes is 1. The van der Waals surface area contributed by atoms with E-state index in [9.17, 15) is 24.3 Å². The van der Waals surface area contributed by atoms with E-state index < -0.39 is 48.9 Å². The third-order valence-electron chi connectivity index (χ3n) is 2.25. The third kappa shape index (κ3) is 6.82. The standard InChI is InChI=1S/C12H18O9/c1-6(15)19-10(5-14)12(21-8(3)17)11(9(18)4-13)20-7(2)16/h5,9-13,18H,4H2,1-3H3/t9-,10+,11-,12-/m1/s1. The van der Waals surface area contributed by atoms with Crippen LogP contribution in [0.5, 0.6) is 0 Å². The summed E-state index contributed by atoms with van der Waals surface area (Å²) in [6.07, 6.45) is -6.25. The molecule has 120 valence electrons. The molecule has 0 aliphatic heterocycles. The van der Waals surface area contributed by atoms with Crippen LogP contribution in [0.3, 0.4) is 0 Å². The van der Waals surface area contributed by atoms with E-state index in [2.05, 4.69) is 4.74 Å². The average Bonchev–Trinajstić information content (AvgIpc) is 2.38. The van der Waals surface area contributed by atoms with Gasteiger partial charge in [0.15, 0.2) is 24.6 Å². The summed E-state index contributed by atoms with van der Waals surface area (Å²) in [6.45, 7) is 2.22. The Morgan fingerprint density at radius 1 is 0.952 bits per heavy atom. The van der Waals surface area contributed by atoms with E-state index in [0.717, 1.165) is 20.8 Å². The summed E-state index contributed by atoms with van der Waals surface area (Å²) in [7, 11) is 0. The molecule has 0 heterocycles. The SMILES string of the molecule is CC(=O)O[C@@H]([C@H](OC(C)=O)[C@H](C=O)OC(C)=O)[C@H](O)CO. The highest BCUT2D eigenvalue weighted by Crippen LogP contribution is 2.16. The van der Waals surface area contributed by atoms with Gasteiger partial charge >= 0.3 is 17.9 Å². The first kappa shape index (κ1) is 19.0. The van der Waals surface area contributed by atoms with Crippen molar-refractivity contribution < 1.29 is 43.6 Å². The molecule has 0 aliphatic rings. The Morgan fingerprint density at radius 2 is 1.38 bits per heavy atom. The number of hydrogen-bond acceptors (Lipinski definition) is 9. The van der Waals surface area contributed by atoms with Gasteiger partial charge in [-0.05, 0) is 0 Å². The van der Waals surface area contributed by atoms with Crippen LogP contribution in [0, 0.1) is 0 Å². The maximum Gasteiger partial charge on any atom is 0.303 e. The third-order valence-corrected chi connectivity index (χ3v) is 2.25. The molecular weight excluding hydrogens is 288 g/mol. The molecule has 9 heteroatoms. The smallest absolute Gasteiger partial charge is 0.303 e. The molecule has 0 aromatic rings. The molecule has 0 aromatic heterocycles. The Bertz CT molecular complexity index is 392. The van der Waals surface area contributed by atoms with E-state index in [1.807, 2.05) is 0 Å². The molecule has 0 aliphatic carbocycles. The molecule has 0 fully saturated rings. The normalized spacial score (nSPS) is 16.0. The molecule has 2 N–H and O–H groups in total. The van der Waals surface area contributed by atoms with Crippen molar-refractivity contribution in [3.63, 3.8) is 0 Å². The fourth-order valence-electron chi connectivity index (χ4n) is 1.54. The summed E-state index contributed by atoms with van der Waals surface area (Å²) in [5, 5.41) is 18.6. The first-order valence-corrected chi connectivity index (χ1v) is 5.98. The topological polar surface area (TPSA) is 136 Å². The van der Waals surface area contributed by atoms with Gasteiger partial charge in [-0.1, -0.05) is 0 Å². The molecular formula is C12H18O9. The second-order valence-corrected chi connectivity index (χ2v) is 4.11. The van der Waals surface area contributed by atoms with Crippen molar-refractivity contribution in [2.24, 2.45) is 0 Å². The van der Waals surface area contributed by atoms with Crippen LogP contribution in [0.1, 0.15) is 20.8 Å². The number of esters is 3. The van der Waals surface area contributed by atoms with Gasteiger partial charge in [0.25, 0.3) is 0 Å². The molecule has 0 saturated heterocycles. The molecule has 0 bridgehead atoms. The summed E-state index contributed by atoms with van der Waals surface area (Å²) in [4.78, 5) is 44.1. The largest absolute Gasteiger partial charge is 0.456 e. The second kappa shape index (κ2) is 9.03. The highest BCUT2D eigenvalue weighted by atomic mass is 16.6. The van der Waals surface area contributed by atoms with Gasteiger partial charge < -0.3 is 24.4 Å². The summed E-state index contributed by atoms with van der Waals surface area (Å²) in [5.41, 5.74) is 0. The lowest BCUT2D eigenvalue weighted by atomic mass is 10.0. The Balaban J connectivity index is 5.45. The van der Waals surface area contributed by atoms with Crippen LogP contribution in [0.2, 0.25) is 0 Å². The number of aliphatic hydroxyl groups excluding tert-OH is 2. The number of ether oxygens (including phenoxy) is 3. The van der Waals surface area contributed by atoms with Crippen molar-refractivity contribution in [2.75, 3.05) is 6.61 Å². The van der Waals surface area contributed by atoms with Crippen LogP contribution in [0.4, 0.5) is 0 Å². The zero-order chi connectivity index (χ0) is 16.6. The highest BCUT2D eigenvalue weighted by Gasteiger charge is 2.40. The van der Waals surface area contributed by atoms with Gasteiger partial charge in [0.05, 0.1) is 6.61 Å². The van der Waals surface area contributed by atoms with Crippen LogP contribution < -0.4 is 0 Å². The van der Waals surface area contributed by atoms with Gasteiger partial charge in [-0.2, -0.15) is 0 Å². The van der Waals surface area contributed by atoms with Crippen molar-refractivity contribution in [3.05, 3.63) is 0 Å². The minimum absolute atomic E-state index is 0.162. The maximum atomic E-state index is 11.1. The number of aliphatic hydroxyl groups is 2. The first-order chi connectivity index (χ1) is 9.72. The van der Waals surface area contributed by atoms with Gasteiger partial charge in [0.1, 0.15) is 6.10 Å². The molecule has 0 unspecified atom stereocenters. The zero-order valence-corrected chi connectivity index (χ0v) is 11.8. The van der Waals surface area contributed by atoms with Gasteiger partial charge in [-0.3, -0.25) is 19.2 Å². The Kier molecular flexibility index (Phi) is 8.17. The van der Waals surface area contributed by atoms with Gasteiger partial charge in [-0.15, -0.1) is 0 Å². The van der Waals surface area contributed by atoms with E-state index in [4.69, 9.17) is 14.6 Å². The Hall–Kier alpha value is -2.00. The number of carbonyl (C=O) groups is 4. The fourth-order valence-corrected chi connectivity index (χ4v) is 1.54. The summed E-state index contributed by atoms with van der Waals surface area (Å²) < 4.78 is 14.2. The highest BCUT2D eigenvalue weighted by molar-refractivity contribution is 5.72. The molecule has 0 saturated carbocycles. The van der Waals surface area contributed by atoms with Crippen LogP contribution in [0.15, 0.2) is 0 Å². The lowest BCUT2D eigenvalue weighted by Crippen LogP contribution is -2.52. The molecule has 9 nitrogen and oxygen atoms in total. The summed E-state index contributed by atoms with van der Waals surface area (Å²) in [6, 6.07) is 0. The number of hydrogen-bond donors (Lipinski definition) is 2. The van der Waals surface area contributed by atoms with E-state index in [1.54, 1.807) is 0 Å². The molecule has 0 spiro atoms. The van der Waals surface area contributed by atoms with Gasteiger partial charge in [0.2, 0.25) is 0 Å². The van der Waals surface area contributed by atoms with Crippen molar-refractivity contribution in [1.29, 1.82) is 0 Å². The molecule has 4 atom stereocenters. The molecule has 0 rings (SSSR count). The minimum Gasteiger partial charge on any atom is -0.456 e. The predicted octanol–water partition coefficient (Wildman–Crippen LogP) is -1.67. The number of rotatable bonds is 8. The van der Waals surface area contributed by atoms with E-state index in [-0.39, 0.29) is 6.29 Å². The first-order valence-electron chi connectivity index (χ1n) is 5.98. The van der Waals surface area contributed by atoms with Gasteiger partial charge in [0, 0.05) is 20.8 Å². The molecule has 0 radical (unpaired) electrons. The van der Waals surface area contributed by atoms with Crippen LogP contribution in [-0.4, -0.2) is 65.4 Å². The predicted molar refractivity (Wildman–Crippen MR) is 65.8 cm³/mol. The quantitative estimate of drug-likeness (QED) is 0.306. The Labute approximate surface area is 120 Å². The minimum atomic E-state index is -1.64. The average molecular weight is 306 g/mol. The van der Waals surface area contributed by atoms with Crippen LogP contribution >= 0.6 is 0 Å². The Morgan fingerprint density at radius 3 is 1.71 bits per heavy atom. The lowest BCUT2D eigenvalue weighted by Gasteiger charge is -2.31. The van der Waals surface area contributed by atoms with Crippen LogP contribution in [-0.2, 0) is 33.4 Å². The maximum absolute atomic E-state index is 11.1. The summed E-state index contributed by atoms with van der Waals surface area (Å²) in [5.74, 6) is -2.55. The van der Waals surface area contributed by atoms with Crippen LogP contribution in [0.25, 0.3) is 0 Å². The zero-order valence-electron chi connectivity index (χ0n) is 11.8. The van der Waals surface area contributed by atoms with Crippen molar-refractivity contribution in [3.8, 4) is 0 Å². The fraction of sp³-hybridized carbons (Fsp3) is 0.667. The van der Waals surface area contributed by atoms with E-state index >= 15 is 0 Å². The number of carbonyl (C=O) groups excluding carboxylic acids is 4.